The van der Waals surface area contributed by atoms with Crippen molar-refractivity contribution in [2.75, 3.05) is 17.4 Å². The van der Waals surface area contributed by atoms with Gasteiger partial charge in [-0.2, -0.15) is 0 Å². The third kappa shape index (κ3) is 5.66. The highest BCUT2D eigenvalue weighted by Crippen LogP contribution is 2.48. The van der Waals surface area contributed by atoms with Crippen molar-refractivity contribution in [3.63, 3.8) is 0 Å². The van der Waals surface area contributed by atoms with Crippen LogP contribution in [0, 0.1) is 5.82 Å². The molecule has 0 amide bonds. The van der Waals surface area contributed by atoms with Gasteiger partial charge >= 0.3 is 0 Å². The Morgan fingerprint density at radius 2 is 1.89 bits per heavy atom. The van der Waals surface area contributed by atoms with Crippen LogP contribution in [0.1, 0.15) is 45.0 Å². The van der Waals surface area contributed by atoms with E-state index in [9.17, 15) is 4.39 Å². The predicted molar refractivity (Wildman–Crippen MR) is 143 cm³/mol. The molecule has 0 bridgehead atoms. The van der Waals surface area contributed by atoms with Crippen molar-refractivity contribution < 1.29 is 9.13 Å². The van der Waals surface area contributed by atoms with Crippen molar-refractivity contribution >= 4 is 17.8 Å². The van der Waals surface area contributed by atoms with Crippen molar-refractivity contribution in [1.29, 1.82) is 0 Å². The number of aromatic nitrogens is 2. The highest BCUT2D eigenvalue weighted by molar-refractivity contribution is 7.98. The fraction of sp³-hybridized carbons (Fsp3) is 0.429. The van der Waals surface area contributed by atoms with E-state index in [0.29, 0.717) is 12.6 Å². The maximum absolute atomic E-state index is 14.2. The molecular formula is C28H34FN5OS. The molecule has 2 fully saturated rings. The topological polar surface area (TPSA) is 44.7 Å². The van der Waals surface area contributed by atoms with Crippen LogP contribution in [0.3, 0.4) is 0 Å². The summed E-state index contributed by atoms with van der Waals surface area (Å²) in [5.74, 6) is 1.52. The third-order valence-corrected chi connectivity index (χ3v) is 8.15. The Kier molecular flexibility index (Phi) is 7.46. The van der Waals surface area contributed by atoms with Crippen molar-refractivity contribution in [2.24, 2.45) is 0 Å². The number of likely N-dealkylation sites (tertiary alicyclic amines) is 1. The highest BCUT2D eigenvalue weighted by Gasteiger charge is 2.49. The van der Waals surface area contributed by atoms with Crippen LogP contribution >= 0.6 is 12.1 Å². The lowest BCUT2D eigenvalue weighted by Gasteiger charge is -2.47. The standard InChI is InChI=1S/C28H34FN5OS/c1-21(2)35-26-10-4-7-23(15-26)18-32-14-11-28(17-22(32)3)20-33(19-27-30-12-6-13-31-27)36-34(28)25-9-5-8-24(29)16-25/h4-10,12-13,15-16,21-22H,11,14,17-20H2,1-3H3/t22-,28+/m0/s1. The minimum absolute atomic E-state index is 0.0915. The largest absolute Gasteiger partial charge is 0.491 e. The van der Waals surface area contributed by atoms with E-state index in [1.165, 1.54) is 11.6 Å². The summed E-state index contributed by atoms with van der Waals surface area (Å²) >= 11 is 1.67. The maximum Gasteiger partial charge on any atom is 0.143 e. The minimum Gasteiger partial charge on any atom is -0.491 e. The number of hydrogen-bond acceptors (Lipinski definition) is 7. The van der Waals surface area contributed by atoms with Gasteiger partial charge in [0.25, 0.3) is 0 Å². The van der Waals surface area contributed by atoms with Gasteiger partial charge in [0.05, 0.1) is 23.9 Å². The van der Waals surface area contributed by atoms with Gasteiger partial charge in [-0.15, -0.1) is 0 Å². The molecule has 190 valence electrons. The molecule has 2 aliphatic rings. The fourth-order valence-electron chi connectivity index (χ4n) is 5.34. The average molecular weight is 508 g/mol. The van der Waals surface area contributed by atoms with Crippen LogP contribution in [0.5, 0.6) is 5.75 Å². The lowest BCUT2D eigenvalue weighted by Crippen LogP contribution is -2.56. The van der Waals surface area contributed by atoms with E-state index < -0.39 is 0 Å². The normalized spacial score (nSPS) is 23.0. The van der Waals surface area contributed by atoms with Crippen LogP contribution in [0.4, 0.5) is 10.1 Å². The molecule has 2 aromatic carbocycles. The van der Waals surface area contributed by atoms with E-state index in [1.807, 2.05) is 18.2 Å². The van der Waals surface area contributed by atoms with E-state index in [2.05, 4.69) is 62.4 Å². The van der Waals surface area contributed by atoms with E-state index in [4.69, 9.17) is 4.74 Å². The first-order valence-electron chi connectivity index (χ1n) is 12.6. The van der Waals surface area contributed by atoms with Crippen LogP contribution in [-0.2, 0) is 13.1 Å². The Morgan fingerprint density at radius 3 is 2.64 bits per heavy atom. The molecule has 3 heterocycles. The third-order valence-electron chi connectivity index (χ3n) is 6.90. The summed E-state index contributed by atoms with van der Waals surface area (Å²) in [6.07, 6.45) is 5.71. The first kappa shape index (κ1) is 25.0. The average Bonchev–Trinajstić information content (AvgIpc) is 3.18. The molecule has 6 nitrogen and oxygen atoms in total. The van der Waals surface area contributed by atoms with Crippen molar-refractivity contribution in [3.8, 4) is 5.75 Å². The molecule has 0 radical (unpaired) electrons. The molecule has 36 heavy (non-hydrogen) atoms. The number of hydrogen-bond donors (Lipinski definition) is 0. The molecule has 3 aromatic rings. The Balaban J connectivity index is 1.34. The van der Waals surface area contributed by atoms with Gasteiger partial charge in [-0.3, -0.25) is 9.21 Å². The summed E-state index contributed by atoms with van der Waals surface area (Å²) in [5, 5.41) is 0. The van der Waals surface area contributed by atoms with Gasteiger partial charge in [0.2, 0.25) is 0 Å². The zero-order valence-corrected chi connectivity index (χ0v) is 22.0. The smallest absolute Gasteiger partial charge is 0.143 e. The summed E-state index contributed by atoms with van der Waals surface area (Å²) in [7, 11) is 0. The van der Waals surface area contributed by atoms with Gasteiger partial charge in [0.1, 0.15) is 17.4 Å². The highest BCUT2D eigenvalue weighted by atomic mass is 32.2. The summed E-state index contributed by atoms with van der Waals surface area (Å²) < 4.78 is 24.8. The Morgan fingerprint density at radius 1 is 1.08 bits per heavy atom. The second kappa shape index (κ2) is 10.7. The van der Waals surface area contributed by atoms with Crippen LogP contribution in [0.2, 0.25) is 0 Å². The zero-order chi connectivity index (χ0) is 25.1. The second-order valence-corrected chi connectivity index (χ2v) is 11.2. The van der Waals surface area contributed by atoms with Gasteiger partial charge in [0, 0.05) is 50.2 Å². The van der Waals surface area contributed by atoms with Crippen LogP contribution in [0.15, 0.2) is 67.0 Å². The molecule has 8 heteroatoms. The molecule has 5 rings (SSSR count). The van der Waals surface area contributed by atoms with E-state index in [0.717, 1.165) is 49.7 Å². The molecule has 2 saturated heterocycles. The van der Waals surface area contributed by atoms with Gasteiger partial charge < -0.3 is 4.74 Å². The maximum atomic E-state index is 14.2. The minimum atomic E-state index is -0.206. The number of anilines is 1. The summed E-state index contributed by atoms with van der Waals surface area (Å²) in [5.41, 5.74) is 2.09. The van der Waals surface area contributed by atoms with E-state index in [1.54, 1.807) is 36.7 Å². The predicted octanol–water partition coefficient (Wildman–Crippen LogP) is 5.71. The number of ether oxygens (including phenoxy) is 1. The number of halogens is 1. The number of piperidine rings is 1. The fourth-order valence-corrected chi connectivity index (χ4v) is 6.65. The molecule has 0 N–H and O–H groups in total. The van der Waals surface area contributed by atoms with Crippen molar-refractivity contribution in [2.45, 2.75) is 64.4 Å². The number of nitrogens with zero attached hydrogens (tertiary/aromatic N) is 5. The molecule has 2 aliphatic heterocycles. The first-order chi connectivity index (χ1) is 17.4. The molecule has 0 saturated carbocycles. The molecule has 0 aliphatic carbocycles. The Hall–Kier alpha value is -2.68. The molecule has 2 atom stereocenters. The van der Waals surface area contributed by atoms with Crippen LogP contribution in [0.25, 0.3) is 0 Å². The Labute approximate surface area is 217 Å². The summed E-state index contributed by atoms with van der Waals surface area (Å²) in [4.78, 5) is 11.4. The number of benzene rings is 2. The van der Waals surface area contributed by atoms with Crippen LogP contribution in [-0.4, -0.2) is 49.9 Å². The van der Waals surface area contributed by atoms with Crippen molar-refractivity contribution in [1.82, 2.24) is 19.2 Å². The quantitative estimate of drug-likeness (QED) is 0.380. The summed E-state index contributed by atoms with van der Waals surface area (Å²) in [6, 6.07) is 17.6. The van der Waals surface area contributed by atoms with E-state index >= 15 is 0 Å². The lowest BCUT2D eigenvalue weighted by molar-refractivity contribution is 0.0981. The molecule has 1 spiro atoms. The summed E-state index contributed by atoms with van der Waals surface area (Å²) in [6.45, 7) is 9.81. The lowest BCUT2D eigenvalue weighted by atomic mass is 9.82. The SMILES string of the molecule is CC(C)Oc1cccc(CN2CC[C@@]3(C[C@@H]2C)CN(Cc2ncccn2)SN3c2cccc(F)c2)c1. The van der Waals surface area contributed by atoms with Gasteiger partial charge in [-0.25, -0.2) is 18.7 Å². The number of rotatable bonds is 7. The first-order valence-corrected chi connectivity index (χ1v) is 13.4. The van der Waals surface area contributed by atoms with E-state index in [-0.39, 0.29) is 17.5 Å². The van der Waals surface area contributed by atoms with Crippen molar-refractivity contribution in [3.05, 3.63) is 84.2 Å². The van der Waals surface area contributed by atoms with Gasteiger partial charge in [0.15, 0.2) is 0 Å². The molecule has 0 unspecified atom stereocenters. The molecular weight excluding hydrogens is 473 g/mol. The monoisotopic (exact) mass is 507 g/mol. The zero-order valence-electron chi connectivity index (χ0n) is 21.2. The molecule has 1 aromatic heterocycles. The Bertz CT molecular complexity index is 1170. The van der Waals surface area contributed by atoms with Crippen LogP contribution < -0.4 is 9.04 Å². The van der Waals surface area contributed by atoms with Gasteiger partial charge in [-0.05, 0) is 75.6 Å². The second-order valence-electron chi connectivity index (χ2n) is 10.1. The van der Waals surface area contributed by atoms with Gasteiger partial charge in [-0.1, -0.05) is 18.2 Å².